The maximum Gasteiger partial charge on any atom is 0.124 e. The molecule has 0 fully saturated rings. The Morgan fingerprint density at radius 1 is 1.05 bits per heavy atom. The summed E-state index contributed by atoms with van der Waals surface area (Å²) in [5.41, 5.74) is 1.70. The van der Waals surface area contributed by atoms with Crippen molar-refractivity contribution in [3.8, 4) is 5.75 Å². The van der Waals surface area contributed by atoms with Crippen LogP contribution in [0.5, 0.6) is 5.75 Å². The summed E-state index contributed by atoms with van der Waals surface area (Å²) in [6.45, 7) is 0. The topological polar surface area (TPSA) is 48.2 Å². The highest BCUT2D eigenvalue weighted by Gasteiger charge is 2.07. The zero-order valence-corrected chi connectivity index (χ0v) is 13.7. The maximum atomic E-state index is 9.70. The van der Waals surface area contributed by atoms with Gasteiger partial charge in [0.05, 0.1) is 22.1 Å². The van der Waals surface area contributed by atoms with Crippen molar-refractivity contribution in [2.24, 2.45) is 9.98 Å². The quantitative estimate of drug-likeness (QED) is 0.651. The lowest BCUT2D eigenvalue weighted by molar-refractivity contribution is 0.474. The first-order valence-electron chi connectivity index (χ1n) is 6.49. The highest BCUT2D eigenvalue weighted by atomic mass is 35.5. The van der Waals surface area contributed by atoms with Crippen LogP contribution in [-0.4, -0.2) is 36.7 Å². The molecule has 2 aromatic carbocycles. The van der Waals surface area contributed by atoms with Crippen LogP contribution in [0.4, 0.5) is 11.4 Å². The zero-order valence-electron chi connectivity index (χ0n) is 12.2. The number of phenols is 1. The van der Waals surface area contributed by atoms with Gasteiger partial charge in [-0.15, -0.1) is 0 Å². The normalized spacial score (nSPS) is 11.5. The minimum absolute atomic E-state index is 0.163. The molecular weight excluding hydrogens is 321 g/mol. The number of hydrogen-bond acceptors (Lipinski definition) is 3. The first-order valence-corrected chi connectivity index (χ1v) is 7.24. The van der Waals surface area contributed by atoms with Gasteiger partial charge in [-0.1, -0.05) is 35.3 Å². The SMILES string of the molecule is CN(C)C=Nc1c(Cl)cc(N=Cc2ccccc2O)cc1Cl. The van der Waals surface area contributed by atoms with Gasteiger partial charge in [0.25, 0.3) is 0 Å². The Balaban J connectivity index is 2.29. The zero-order chi connectivity index (χ0) is 16.1. The van der Waals surface area contributed by atoms with Crippen molar-refractivity contribution in [1.29, 1.82) is 0 Å². The van der Waals surface area contributed by atoms with Crippen LogP contribution in [0.1, 0.15) is 5.56 Å². The Labute approximate surface area is 139 Å². The van der Waals surface area contributed by atoms with Gasteiger partial charge < -0.3 is 10.0 Å². The van der Waals surface area contributed by atoms with E-state index >= 15 is 0 Å². The molecule has 22 heavy (non-hydrogen) atoms. The summed E-state index contributed by atoms with van der Waals surface area (Å²) in [7, 11) is 3.71. The monoisotopic (exact) mass is 335 g/mol. The molecule has 114 valence electrons. The summed E-state index contributed by atoms with van der Waals surface area (Å²) < 4.78 is 0. The number of halogens is 2. The van der Waals surface area contributed by atoms with Gasteiger partial charge in [-0.25, -0.2) is 4.99 Å². The molecule has 2 aromatic rings. The number of nitrogens with zero attached hydrogens (tertiary/aromatic N) is 3. The molecule has 0 spiro atoms. The predicted molar refractivity (Wildman–Crippen MR) is 93.7 cm³/mol. The lowest BCUT2D eigenvalue weighted by Gasteiger charge is -2.06. The fraction of sp³-hybridized carbons (Fsp3) is 0.125. The summed E-state index contributed by atoms with van der Waals surface area (Å²) in [4.78, 5) is 10.3. The minimum atomic E-state index is 0.163. The van der Waals surface area contributed by atoms with Gasteiger partial charge in [-0.3, -0.25) is 4.99 Å². The third-order valence-corrected chi connectivity index (χ3v) is 3.29. The first kappa shape index (κ1) is 16.3. The average Bonchev–Trinajstić information content (AvgIpc) is 2.45. The lowest BCUT2D eigenvalue weighted by atomic mass is 10.2. The molecule has 0 radical (unpaired) electrons. The van der Waals surface area contributed by atoms with E-state index in [-0.39, 0.29) is 5.75 Å². The number of aliphatic imine (C=N–C) groups is 2. The molecule has 0 saturated heterocycles. The van der Waals surface area contributed by atoms with Crippen molar-refractivity contribution in [1.82, 2.24) is 4.90 Å². The largest absolute Gasteiger partial charge is 0.507 e. The second kappa shape index (κ2) is 7.29. The molecule has 0 bridgehead atoms. The minimum Gasteiger partial charge on any atom is -0.507 e. The second-order valence-electron chi connectivity index (χ2n) is 4.78. The molecule has 0 aliphatic heterocycles. The van der Waals surface area contributed by atoms with Gasteiger partial charge in [-0.05, 0) is 24.3 Å². The molecule has 0 aromatic heterocycles. The van der Waals surface area contributed by atoms with E-state index in [4.69, 9.17) is 23.2 Å². The van der Waals surface area contributed by atoms with E-state index in [1.807, 2.05) is 20.2 Å². The van der Waals surface area contributed by atoms with Crippen LogP contribution in [0, 0.1) is 0 Å². The molecule has 1 N–H and O–H groups in total. The van der Waals surface area contributed by atoms with E-state index in [1.54, 1.807) is 47.8 Å². The Morgan fingerprint density at radius 3 is 2.27 bits per heavy atom. The van der Waals surface area contributed by atoms with Crippen molar-refractivity contribution in [2.45, 2.75) is 0 Å². The van der Waals surface area contributed by atoms with Crippen LogP contribution in [0.15, 0.2) is 46.4 Å². The first-order chi connectivity index (χ1) is 10.5. The number of aromatic hydroxyl groups is 1. The van der Waals surface area contributed by atoms with E-state index in [0.717, 1.165) is 0 Å². The standard InChI is InChI=1S/C16H15Cl2N3O/c1-21(2)10-20-16-13(17)7-12(8-14(16)18)19-9-11-5-3-4-6-15(11)22/h3-10,22H,1-2H3. The molecule has 0 aliphatic carbocycles. The van der Waals surface area contributed by atoms with Crippen LogP contribution in [0.2, 0.25) is 10.0 Å². The summed E-state index contributed by atoms with van der Waals surface area (Å²) in [6.07, 6.45) is 3.18. The molecule has 0 atom stereocenters. The number of hydrogen-bond donors (Lipinski definition) is 1. The van der Waals surface area contributed by atoms with Gasteiger partial charge in [0.15, 0.2) is 0 Å². The van der Waals surface area contributed by atoms with E-state index in [1.165, 1.54) is 0 Å². The highest BCUT2D eigenvalue weighted by molar-refractivity contribution is 6.39. The van der Waals surface area contributed by atoms with Gasteiger partial charge in [0.2, 0.25) is 0 Å². The number of para-hydroxylation sites is 1. The van der Waals surface area contributed by atoms with E-state index in [2.05, 4.69) is 9.98 Å². The van der Waals surface area contributed by atoms with Crippen LogP contribution < -0.4 is 0 Å². The van der Waals surface area contributed by atoms with Crippen LogP contribution in [0.3, 0.4) is 0 Å². The maximum absolute atomic E-state index is 9.70. The molecule has 0 heterocycles. The summed E-state index contributed by atoms with van der Waals surface area (Å²) in [5.74, 6) is 0.163. The van der Waals surface area contributed by atoms with E-state index in [0.29, 0.717) is 27.0 Å². The Kier molecular flexibility index (Phi) is 5.41. The van der Waals surface area contributed by atoms with Crippen molar-refractivity contribution in [2.75, 3.05) is 14.1 Å². The summed E-state index contributed by atoms with van der Waals surface area (Å²) in [5, 5.41) is 10.5. The molecule has 0 saturated carbocycles. The fourth-order valence-electron chi connectivity index (χ4n) is 1.66. The van der Waals surface area contributed by atoms with Crippen LogP contribution >= 0.6 is 23.2 Å². The van der Waals surface area contributed by atoms with Gasteiger partial charge in [-0.2, -0.15) is 0 Å². The van der Waals surface area contributed by atoms with Crippen molar-refractivity contribution >= 4 is 47.1 Å². The molecule has 0 amide bonds. The fourth-order valence-corrected chi connectivity index (χ4v) is 2.24. The molecular formula is C16H15Cl2N3O. The number of benzene rings is 2. The van der Waals surface area contributed by atoms with E-state index < -0.39 is 0 Å². The average molecular weight is 336 g/mol. The Bertz CT molecular complexity index is 704. The molecule has 4 nitrogen and oxygen atoms in total. The van der Waals surface area contributed by atoms with Gasteiger partial charge in [0, 0.05) is 25.9 Å². The molecule has 6 heteroatoms. The lowest BCUT2D eigenvalue weighted by Crippen LogP contribution is -2.07. The van der Waals surface area contributed by atoms with Crippen molar-refractivity contribution in [3.05, 3.63) is 52.0 Å². The van der Waals surface area contributed by atoms with Crippen molar-refractivity contribution in [3.63, 3.8) is 0 Å². The third kappa shape index (κ3) is 4.23. The number of rotatable bonds is 4. The highest BCUT2D eigenvalue weighted by Crippen LogP contribution is 2.37. The number of phenolic OH excluding ortho intramolecular Hbond substituents is 1. The predicted octanol–water partition coefficient (Wildman–Crippen LogP) is 4.67. The summed E-state index contributed by atoms with van der Waals surface area (Å²) in [6, 6.07) is 10.3. The summed E-state index contributed by atoms with van der Waals surface area (Å²) >= 11 is 12.4. The second-order valence-corrected chi connectivity index (χ2v) is 5.60. The Hall–Kier alpha value is -2.04. The van der Waals surface area contributed by atoms with Gasteiger partial charge in [0.1, 0.15) is 11.4 Å². The Morgan fingerprint density at radius 2 is 1.68 bits per heavy atom. The van der Waals surface area contributed by atoms with Crippen LogP contribution in [0.25, 0.3) is 0 Å². The smallest absolute Gasteiger partial charge is 0.124 e. The van der Waals surface area contributed by atoms with Crippen molar-refractivity contribution < 1.29 is 5.11 Å². The van der Waals surface area contributed by atoms with Gasteiger partial charge >= 0.3 is 0 Å². The molecule has 0 aliphatic rings. The van der Waals surface area contributed by atoms with Crippen LogP contribution in [-0.2, 0) is 0 Å². The molecule has 2 rings (SSSR count). The third-order valence-electron chi connectivity index (χ3n) is 2.71. The van der Waals surface area contributed by atoms with E-state index in [9.17, 15) is 5.11 Å². The molecule has 0 unspecified atom stereocenters.